The third-order valence-electron chi connectivity index (χ3n) is 2.88. The molecule has 0 atom stereocenters. The number of hydrogen-bond acceptors (Lipinski definition) is 3. The van der Waals surface area contributed by atoms with E-state index in [1.54, 1.807) is 18.2 Å². The number of aromatic hydroxyl groups is 1. The Morgan fingerprint density at radius 2 is 2.00 bits per heavy atom. The number of carbonyl (C=O) groups is 1. The zero-order valence-electron chi connectivity index (χ0n) is 11.7. The number of carbonyl (C=O) groups excluding carboxylic acids is 1. The van der Waals surface area contributed by atoms with Crippen molar-refractivity contribution in [3.8, 4) is 11.5 Å². The molecule has 2 N–H and O–H groups in total. The number of hydrogen-bond donors (Lipinski definition) is 2. The molecular weight excluding hydrogens is 292 g/mol. The van der Waals surface area contributed by atoms with E-state index in [2.05, 4.69) is 5.32 Å². The average Bonchev–Trinajstić information content (AvgIpc) is 2.49. The number of nitrogens with one attached hydrogen (secondary N) is 1. The molecule has 2 rings (SSSR count). The summed E-state index contributed by atoms with van der Waals surface area (Å²) in [5, 5.41) is 11.9. The van der Waals surface area contributed by atoms with E-state index >= 15 is 0 Å². The van der Waals surface area contributed by atoms with Crippen LogP contribution in [0.3, 0.4) is 0 Å². The Balaban J connectivity index is 1.75. The van der Waals surface area contributed by atoms with Crippen molar-refractivity contribution in [2.24, 2.45) is 0 Å². The summed E-state index contributed by atoms with van der Waals surface area (Å²) in [4.78, 5) is 11.6. The molecule has 0 aromatic heterocycles. The Hall–Kier alpha value is -2.63. The largest absolute Gasteiger partial charge is 0.508 e. The summed E-state index contributed by atoms with van der Waals surface area (Å²) in [6.07, 6.45) is 0.00870. The van der Waals surface area contributed by atoms with Crippen LogP contribution >= 0.6 is 0 Å². The maximum Gasteiger partial charge on any atom is 0.223 e. The predicted molar refractivity (Wildman–Crippen MR) is 76.4 cm³/mol. The van der Waals surface area contributed by atoms with Crippen LogP contribution in [-0.2, 0) is 11.3 Å². The van der Waals surface area contributed by atoms with Crippen molar-refractivity contribution in [2.45, 2.75) is 13.0 Å². The van der Waals surface area contributed by atoms with Crippen LogP contribution in [0.2, 0.25) is 0 Å². The van der Waals surface area contributed by atoms with E-state index in [4.69, 9.17) is 4.74 Å². The molecule has 0 aliphatic heterocycles. The molecule has 0 spiro atoms. The Bertz CT molecular complexity index is 662. The lowest BCUT2D eigenvalue weighted by molar-refractivity contribution is -0.121. The van der Waals surface area contributed by atoms with E-state index in [0.29, 0.717) is 0 Å². The van der Waals surface area contributed by atoms with Crippen molar-refractivity contribution < 1.29 is 23.4 Å². The van der Waals surface area contributed by atoms with Gasteiger partial charge in [0.05, 0.1) is 13.0 Å². The van der Waals surface area contributed by atoms with Gasteiger partial charge in [0.2, 0.25) is 5.91 Å². The first-order valence-corrected chi connectivity index (χ1v) is 6.67. The summed E-state index contributed by atoms with van der Waals surface area (Å²) >= 11 is 0. The first-order chi connectivity index (χ1) is 10.5. The van der Waals surface area contributed by atoms with Crippen LogP contribution in [0.4, 0.5) is 8.78 Å². The number of rotatable bonds is 6. The summed E-state index contributed by atoms with van der Waals surface area (Å²) in [6, 6.07) is 9.40. The van der Waals surface area contributed by atoms with Gasteiger partial charge < -0.3 is 15.2 Å². The molecule has 0 saturated heterocycles. The van der Waals surface area contributed by atoms with Gasteiger partial charge in [-0.3, -0.25) is 4.79 Å². The highest BCUT2D eigenvalue weighted by Crippen LogP contribution is 2.18. The molecule has 22 heavy (non-hydrogen) atoms. The molecule has 2 aromatic rings. The van der Waals surface area contributed by atoms with Crippen LogP contribution in [0.15, 0.2) is 42.5 Å². The summed E-state index contributed by atoms with van der Waals surface area (Å²) in [5.74, 6) is -1.68. The van der Waals surface area contributed by atoms with Crippen LogP contribution < -0.4 is 10.1 Å². The molecule has 1 amide bonds. The lowest BCUT2D eigenvalue weighted by Gasteiger charge is -2.08. The van der Waals surface area contributed by atoms with Gasteiger partial charge in [-0.05, 0) is 29.8 Å². The van der Waals surface area contributed by atoms with Gasteiger partial charge in [0, 0.05) is 12.6 Å². The number of halogens is 2. The van der Waals surface area contributed by atoms with Crippen LogP contribution in [0.5, 0.6) is 11.5 Å². The zero-order valence-corrected chi connectivity index (χ0v) is 11.7. The molecule has 0 radical (unpaired) electrons. The van der Waals surface area contributed by atoms with E-state index in [9.17, 15) is 18.7 Å². The SMILES string of the molecule is O=C(CCOc1cc(F)ccc1F)NCc1cccc(O)c1. The molecule has 0 bridgehead atoms. The monoisotopic (exact) mass is 307 g/mol. The molecule has 0 saturated carbocycles. The van der Waals surface area contributed by atoms with Gasteiger partial charge in [0.25, 0.3) is 0 Å². The van der Waals surface area contributed by atoms with E-state index in [-0.39, 0.29) is 37.0 Å². The second-order valence-electron chi connectivity index (χ2n) is 4.62. The van der Waals surface area contributed by atoms with Gasteiger partial charge in [-0.15, -0.1) is 0 Å². The minimum Gasteiger partial charge on any atom is -0.508 e. The molecule has 0 aliphatic rings. The second-order valence-corrected chi connectivity index (χ2v) is 4.62. The van der Waals surface area contributed by atoms with Crippen LogP contribution in [0.25, 0.3) is 0 Å². The minimum absolute atomic E-state index is 0.00870. The van der Waals surface area contributed by atoms with Crippen molar-refractivity contribution in [1.29, 1.82) is 0 Å². The summed E-state index contributed by atoms with van der Waals surface area (Å²) in [7, 11) is 0. The van der Waals surface area contributed by atoms with Crippen LogP contribution in [0.1, 0.15) is 12.0 Å². The van der Waals surface area contributed by atoms with Gasteiger partial charge in [-0.2, -0.15) is 0 Å². The van der Waals surface area contributed by atoms with Gasteiger partial charge in [0.15, 0.2) is 11.6 Å². The van der Waals surface area contributed by atoms with Crippen LogP contribution in [0, 0.1) is 11.6 Å². The lowest BCUT2D eigenvalue weighted by atomic mass is 10.2. The van der Waals surface area contributed by atoms with E-state index in [0.717, 1.165) is 23.8 Å². The van der Waals surface area contributed by atoms with Crippen molar-refractivity contribution in [2.75, 3.05) is 6.61 Å². The van der Waals surface area contributed by atoms with Gasteiger partial charge >= 0.3 is 0 Å². The quantitative estimate of drug-likeness (QED) is 0.863. The molecule has 4 nitrogen and oxygen atoms in total. The Labute approximate surface area is 126 Å². The highest BCUT2D eigenvalue weighted by atomic mass is 19.1. The third kappa shape index (κ3) is 4.73. The standard InChI is InChI=1S/C16H15F2NO3/c17-12-4-5-14(18)15(9-12)22-7-6-16(21)19-10-11-2-1-3-13(20)8-11/h1-5,8-9,20H,6-7,10H2,(H,19,21). The van der Waals surface area contributed by atoms with Gasteiger partial charge in [-0.1, -0.05) is 12.1 Å². The smallest absolute Gasteiger partial charge is 0.223 e. The molecule has 0 unspecified atom stereocenters. The number of amides is 1. The molecule has 0 fully saturated rings. The summed E-state index contributed by atoms with van der Waals surface area (Å²) < 4.78 is 31.3. The number of ether oxygens (including phenoxy) is 1. The highest BCUT2D eigenvalue weighted by molar-refractivity contribution is 5.76. The summed E-state index contributed by atoms with van der Waals surface area (Å²) in [6.45, 7) is 0.202. The fourth-order valence-corrected chi connectivity index (χ4v) is 1.80. The van der Waals surface area contributed by atoms with Crippen LogP contribution in [-0.4, -0.2) is 17.6 Å². The van der Waals surface area contributed by atoms with Crippen molar-refractivity contribution in [1.82, 2.24) is 5.32 Å². The Morgan fingerprint density at radius 3 is 2.77 bits per heavy atom. The molecule has 0 aliphatic carbocycles. The molecule has 0 heterocycles. The van der Waals surface area contributed by atoms with Crippen molar-refractivity contribution in [3.05, 3.63) is 59.7 Å². The first-order valence-electron chi connectivity index (χ1n) is 6.67. The topological polar surface area (TPSA) is 58.6 Å². The van der Waals surface area contributed by atoms with Gasteiger partial charge in [0.1, 0.15) is 11.6 Å². The maximum atomic E-state index is 13.3. The van der Waals surface area contributed by atoms with E-state index in [1.807, 2.05) is 0 Å². The maximum absolute atomic E-state index is 13.3. The minimum atomic E-state index is -0.679. The predicted octanol–water partition coefficient (Wildman–Crippen LogP) is 2.76. The molecule has 6 heteroatoms. The zero-order chi connectivity index (χ0) is 15.9. The molecule has 2 aromatic carbocycles. The molecule has 116 valence electrons. The highest BCUT2D eigenvalue weighted by Gasteiger charge is 2.07. The third-order valence-corrected chi connectivity index (χ3v) is 2.88. The number of benzene rings is 2. The first kappa shape index (κ1) is 15.8. The van der Waals surface area contributed by atoms with Crippen molar-refractivity contribution >= 4 is 5.91 Å². The fourth-order valence-electron chi connectivity index (χ4n) is 1.80. The van der Waals surface area contributed by atoms with E-state index < -0.39 is 11.6 Å². The normalized spacial score (nSPS) is 10.3. The fraction of sp³-hybridized carbons (Fsp3) is 0.188. The Kier molecular flexibility index (Phi) is 5.30. The molecular formula is C16H15F2NO3. The lowest BCUT2D eigenvalue weighted by Crippen LogP contribution is -2.24. The average molecular weight is 307 g/mol. The van der Waals surface area contributed by atoms with Crippen molar-refractivity contribution in [3.63, 3.8) is 0 Å². The number of phenolic OH excluding ortho intramolecular Hbond substituents is 1. The number of phenols is 1. The van der Waals surface area contributed by atoms with Gasteiger partial charge in [-0.25, -0.2) is 8.78 Å². The van der Waals surface area contributed by atoms with E-state index in [1.165, 1.54) is 6.07 Å². The second kappa shape index (κ2) is 7.40. The summed E-state index contributed by atoms with van der Waals surface area (Å²) in [5.41, 5.74) is 0.755. The Morgan fingerprint density at radius 1 is 1.18 bits per heavy atom.